The van der Waals surface area contributed by atoms with Gasteiger partial charge < -0.3 is 35.2 Å². The fraction of sp³-hybridized carbons (Fsp3) is 0.500. The van der Waals surface area contributed by atoms with Crippen LogP contribution in [0, 0.1) is 10.1 Å². The Balaban J connectivity index is 2.12. The van der Waals surface area contributed by atoms with Crippen molar-refractivity contribution in [2.75, 3.05) is 12.3 Å². The highest BCUT2D eigenvalue weighted by molar-refractivity contribution is 7.60. The normalized spacial score (nSPS) is 25.3. The Morgan fingerprint density at radius 1 is 1.41 bits per heavy atom. The Kier molecular flexibility index (Phi) is 6.21. The van der Waals surface area contributed by atoms with E-state index in [0.29, 0.717) is 0 Å². The minimum atomic E-state index is -5.31. The maximum absolute atomic E-state index is 11.9. The number of ether oxygens (including phenoxy) is 1. The number of nitrogens with one attached hydrogen (secondary N) is 1. The average Bonchev–Trinajstić information content (AvgIpc) is 2.83. The summed E-state index contributed by atoms with van der Waals surface area (Å²) in [5.74, 6) is -0.469. The highest BCUT2D eigenvalue weighted by Crippen LogP contribution is 2.57. The minimum Gasteiger partial charge on any atom is -0.390 e. The summed E-state index contributed by atoms with van der Waals surface area (Å²) < 4.78 is 35.2. The van der Waals surface area contributed by atoms with Gasteiger partial charge in [0.25, 0.3) is 5.56 Å². The van der Waals surface area contributed by atoms with Crippen molar-refractivity contribution in [3.8, 4) is 0 Å². The van der Waals surface area contributed by atoms with Gasteiger partial charge in [0.05, 0.1) is 29.3 Å². The van der Waals surface area contributed by atoms with Crippen LogP contribution in [0.2, 0.25) is 0 Å². The molecule has 0 radical (unpaired) electrons. The number of aliphatic hydroxyl groups is 1. The van der Waals surface area contributed by atoms with E-state index in [1.54, 1.807) is 0 Å². The van der Waals surface area contributed by atoms with E-state index in [4.69, 9.17) is 20.3 Å². The van der Waals surface area contributed by atoms with Gasteiger partial charge in [-0.15, -0.1) is 0 Å². The third kappa shape index (κ3) is 5.65. The minimum absolute atomic E-state index is 0.212. The quantitative estimate of drug-likeness (QED) is 0.177. The standard InChI is InChI=1S/C10H15N3O12P2/c11-9-5(13(16)17)1-4(10(15)12-9)7-2-6(14)8(24-7)3-23-27(21,22)25-26(18,19)20/h1,6-8,14H,2-3H2,(H,21,22)(H3,11,12,15)(H2,18,19,20). The lowest BCUT2D eigenvalue weighted by Gasteiger charge is -2.17. The second kappa shape index (κ2) is 7.75. The lowest BCUT2D eigenvalue weighted by Crippen LogP contribution is -2.26. The van der Waals surface area contributed by atoms with Crippen LogP contribution in [0.25, 0.3) is 0 Å². The highest BCUT2D eigenvalue weighted by atomic mass is 31.3. The number of pyridine rings is 1. The van der Waals surface area contributed by atoms with Crippen molar-refractivity contribution in [1.82, 2.24) is 4.98 Å². The third-order valence-electron chi connectivity index (χ3n) is 3.46. The van der Waals surface area contributed by atoms with Crippen molar-refractivity contribution in [3.63, 3.8) is 0 Å². The monoisotopic (exact) mass is 431 g/mol. The van der Waals surface area contributed by atoms with E-state index in [1.165, 1.54) is 0 Å². The zero-order chi connectivity index (χ0) is 20.6. The van der Waals surface area contributed by atoms with E-state index < -0.39 is 62.6 Å². The molecule has 0 amide bonds. The van der Waals surface area contributed by atoms with Gasteiger partial charge >= 0.3 is 21.3 Å². The molecule has 0 saturated carbocycles. The van der Waals surface area contributed by atoms with Crippen molar-refractivity contribution >= 4 is 27.2 Å². The van der Waals surface area contributed by atoms with Crippen molar-refractivity contribution in [2.45, 2.75) is 24.7 Å². The maximum Gasteiger partial charge on any atom is 0.481 e. The van der Waals surface area contributed by atoms with Crippen LogP contribution in [0.1, 0.15) is 18.1 Å². The Morgan fingerprint density at radius 2 is 2.04 bits per heavy atom. The largest absolute Gasteiger partial charge is 0.481 e. The predicted molar refractivity (Wildman–Crippen MR) is 85.3 cm³/mol. The van der Waals surface area contributed by atoms with Gasteiger partial charge in [-0.25, -0.2) is 9.13 Å². The molecule has 0 aliphatic carbocycles. The van der Waals surface area contributed by atoms with Gasteiger partial charge in [0.15, 0.2) is 5.82 Å². The van der Waals surface area contributed by atoms with Crippen LogP contribution in [0.3, 0.4) is 0 Å². The zero-order valence-electron chi connectivity index (χ0n) is 13.2. The Bertz CT molecular complexity index is 881. The van der Waals surface area contributed by atoms with E-state index >= 15 is 0 Å². The van der Waals surface area contributed by atoms with Crippen LogP contribution in [0.4, 0.5) is 11.5 Å². The molecule has 1 aromatic rings. The second-order valence-corrected chi connectivity index (χ2v) is 8.24. The number of aromatic nitrogens is 1. The van der Waals surface area contributed by atoms with E-state index in [9.17, 15) is 34.0 Å². The molecule has 1 saturated heterocycles. The SMILES string of the molecule is Nc1[nH]c(=O)c(C2CC(O)C(COP(=O)(O)OP(=O)(O)O)O2)cc1[N+](=O)[O-]. The molecule has 2 heterocycles. The number of nitrogen functional groups attached to an aromatic ring is 1. The summed E-state index contributed by atoms with van der Waals surface area (Å²) in [4.78, 5) is 50.3. The van der Waals surface area contributed by atoms with Gasteiger partial charge in [-0.05, 0) is 0 Å². The number of aromatic amines is 1. The number of nitrogens with two attached hydrogens (primary N) is 1. The molecule has 0 bridgehead atoms. The molecule has 0 aromatic carbocycles. The highest BCUT2D eigenvalue weighted by Gasteiger charge is 2.40. The van der Waals surface area contributed by atoms with Crippen LogP contribution < -0.4 is 11.3 Å². The first kappa shape index (κ1) is 21.6. The Morgan fingerprint density at radius 3 is 2.59 bits per heavy atom. The summed E-state index contributed by atoms with van der Waals surface area (Å²) in [6.07, 6.45) is -3.95. The number of nitrogens with zero attached hydrogens (tertiary/aromatic N) is 1. The summed E-state index contributed by atoms with van der Waals surface area (Å²) >= 11 is 0. The van der Waals surface area contributed by atoms with Gasteiger partial charge in [0, 0.05) is 12.5 Å². The molecule has 152 valence electrons. The van der Waals surface area contributed by atoms with Crippen LogP contribution in [0.15, 0.2) is 10.9 Å². The third-order valence-corrected chi connectivity index (χ3v) is 5.61. The number of rotatable bonds is 7. The van der Waals surface area contributed by atoms with Crippen molar-refractivity contribution in [1.29, 1.82) is 0 Å². The van der Waals surface area contributed by atoms with Gasteiger partial charge in [-0.1, -0.05) is 0 Å². The second-order valence-electron chi connectivity index (χ2n) is 5.41. The molecule has 4 atom stereocenters. The first-order chi connectivity index (χ1) is 12.3. The number of anilines is 1. The first-order valence-electron chi connectivity index (χ1n) is 7.04. The van der Waals surface area contributed by atoms with Gasteiger partial charge in [-0.2, -0.15) is 4.31 Å². The number of nitro groups is 1. The summed E-state index contributed by atoms with van der Waals surface area (Å²) in [5.41, 5.74) is 3.75. The fourth-order valence-corrected chi connectivity index (χ4v) is 3.94. The predicted octanol–water partition coefficient (Wildman–Crippen LogP) is -0.718. The van der Waals surface area contributed by atoms with E-state index in [1.807, 2.05) is 0 Å². The summed E-state index contributed by atoms with van der Waals surface area (Å²) in [7, 11) is -10.5. The van der Waals surface area contributed by atoms with Gasteiger partial charge in [-0.3, -0.25) is 19.4 Å². The van der Waals surface area contributed by atoms with Gasteiger partial charge in [0.2, 0.25) is 0 Å². The lowest BCUT2D eigenvalue weighted by atomic mass is 10.1. The summed E-state index contributed by atoms with van der Waals surface area (Å²) in [5, 5.41) is 20.8. The molecule has 4 unspecified atom stereocenters. The Labute approximate surface area is 149 Å². The van der Waals surface area contributed by atoms with Crippen LogP contribution >= 0.6 is 15.6 Å². The lowest BCUT2D eigenvalue weighted by molar-refractivity contribution is -0.384. The van der Waals surface area contributed by atoms with Crippen molar-refractivity contribution in [3.05, 3.63) is 32.1 Å². The molecule has 2 rings (SSSR count). The van der Waals surface area contributed by atoms with Crippen molar-refractivity contribution in [2.24, 2.45) is 0 Å². The number of H-pyrrole nitrogens is 1. The molecule has 1 aliphatic rings. The zero-order valence-corrected chi connectivity index (χ0v) is 15.0. The maximum atomic E-state index is 11.9. The Hall–Kier alpha value is -1.67. The number of hydrogen-bond acceptors (Lipinski definition) is 10. The molecular formula is C10H15N3O12P2. The van der Waals surface area contributed by atoms with E-state index in [0.717, 1.165) is 6.07 Å². The molecule has 27 heavy (non-hydrogen) atoms. The van der Waals surface area contributed by atoms with E-state index in [2.05, 4.69) is 13.8 Å². The van der Waals surface area contributed by atoms with Crippen molar-refractivity contribution < 1.29 is 47.4 Å². The van der Waals surface area contributed by atoms with Crippen LogP contribution in [0.5, 0.6) is 0 Å². The number of hydrogen-bond donors (Lipinski definition) is 6. The molecule has 17 heteroatoms. The van der Waals surface area contributed by atoms with Gasteiger partial charge in [0.1, 0.15) is 6.10 Å². The smallest absolute Gasteiger partial charge is 0.390 e. The molecule has 1 fully saturated rings. The topological polar surface area (TPSA) is 245 Å². The molecule has 1 aliphatic heterocycles. The first-order valence-corrected chi connectivity index (χ1v) is 10.1. The average molecular weight is 431 g/mol. The van der Waals surface area contributed by atoms with Crippen LogP contribution in [-0.4, -0.2) is 48.5 Å². The molecule has 15 nitrogen and oxygen atoms in total. The molecular weight excluding hydrogens is 416 g/mol. The van der Waals surface area contributed by atoms with Crippen LogP contribution in [-0.2, 0) is 22.7 Å². The molecule has 1 aromatic heterocycles. The summed E-state index contributed by atoms with van der Waals surface area (Å²) in [6.45, 7) is -0.819. The summed E-state index contributed by atoms with van der Waals surface area (Å²) in [6, 6.07) is 0.878. The fourth-order valence-electron chi connectivity index (χ4n) is 2.34. The molecule has 7 N–H and O–H groups in total. The molecule has 0 spiro atoms. The number of aliphatic hydroxyl groups excluding tert-OH is 1. The van der Waals surface area contributed by atoms with E-state index in [-0.39, 0.29) is 12.0 Å². The number of phosphoric acid groups is 2. The number of phosphoric ester groups is 1.